The number of amides is 2. The number of carbonyl (C=O) groups is 2. The van der Waals surface area contributed by atoms with Crippen molar-refractivity contribution in [3.05, 3.63) is 108 Å². The second-order valence-corrected chi connectivity index (χ2v) is 7.70. The predicted molar refractivity (Wildman–Crippen MR) is 131 cm³/mol. The summed E-state index contributed by atoms with van der Waals surface area (Å²) in [5, 5.41) is 7.79. The van der Waals surface area contributed by atoms with Crippen molar-refractivity contribution >= 4 is 28.3 Å². The largest absolute Gasteiger partial charge is 0.480 e. The average Bonchev–Trinajstić information content (AvgIpc) is 2.86. The minimum absolute atomic E-state index is 0.252. The summed E-state index contributed by atoms with van der Waals surface area (Å²) in [7, 11) is 0. The Balaban J connectivity index is 1.47. The molecule has 0 aliphatic heterocycles. The fourth-order valence-electron chi connectivity index (χ4n) is 3.65. The summed E-state index contributed by atoms with van der Waals surface area (Å²) in [6, 6.07) is 30.3. The van der Waals surface area contributed by atoms with E-state index in [1.807, 2.05) is 79.7 Å². The quantitative estimate of drug-likeness (QED) is 0.378. The molecule has 0 saturated heterocycles. The Morgan fingerprint density at radius 2 is 1.52 bits per heavy atom. The number of hydrogen-bond acceptors (Lipinski definition) is 3. The van der Waals surface area contributed by atoms with Crippen LogP contribution in [0.3, 0.4) is 0 Å². The third-order valence-corrected chi connectivity index (χ3v) is 5.41. The molecule has 0 heterocycles. The molecule has 4 rings (SSSR count). The smallest absolute Gasteiger partial charge is 0.265 e. The van der Waals surface area contributed by atoms with Crippen molar-refractivity contribution in [2.24, 2.45) is 0 Å². The molecule has 2 amide bonds. The Kier molecular flexibility index (Phi) is 7.00. The Morgan fingerprint density at radius 1 is 0.818 bits per heavy atom. The first kappa shape index (κ1) is 22.1. The van der Waals surface area contributed by atoms with Crippen LogP contribution in [-0.4, -0.2) is 17.9 Å². The first-order valence-electron chi connectivity index (χ1n) is 11.0. The third kappa shape index (κ3) is 5.39. The van der Waals surface area contributed by atoms with Gasteiger partial charge in [0.15, 0.2) is 6.10 Å². The lowest BCUT2D eigenvalue weighted by atomic mass is 10.1. The zero-order chi connectivity index (χ0) is 23.0. The second kappa shape index (κ2) is 10.5. The molecule has 0 spiro atoms. The Bertz CT molecular complexity index is 1250. The number of nitrogens with one attached hydrogen (secondary N) is 2. The molecule has 2 N–H and O–H groups in total. The molecule has 1 atom stereocenters. The van der Waals surface area contributed by atoms with Crippen molar-refractivity contribution in [3.8, 4) is 5.75 Å². The average molecular weight is 439 g/mol. The summed E-state index contributed by atoms with van der Waals surface area (Å²) in [5.74, 6) is 0.107. The number of benzene rings is 4. The van der Waals surface area contributed by atoms with Gasteiger partial charge in [-0.25, -0.2) is 0 Å². The van der Waals surface area contributed by atoms with Crippen LogP contribution in [0.25, 0.3) is 10.8 Å². The van der Waals surface area contributed by atoms with E-state index in [0.717, 1.165) is 16.3 Å². The maximum Gasteiger partial charge on any atom is 0.265 e. The molecule has 5 heteroatoms. The Labute approximate surface area is 193 Å². The normalized spacial score (nSPS) is 11.5. The van der Waals surface area contributed by atoms with Crippen molar-refractivity contribution in [1.82, 2.24) is 5.32 Å². The molecule has 0 aromatic heterocycles. The van der Waals surface area contributed by atoms with E-state index in [2.05, 4.69) is 10.6 Å². The van der Waals surface area contributed by atoms with Crippen molar-refractivity contribution in [2.45, 2.75) is 26.0 Å². The predicted octanol–water partition coefficient (Wildman–Crippen LogP) is 5.57. The molecule has 5 nitrogen and oxygen atoms in total. The van der Waals surface area contributed by atoms with E-state index in [0.29, 0.717) is 30.0 Å². The molecule has 166 valence electrons. The third-order valence-electron chi connectivity index (χ3n) is 5.41. The summed E-state index contributed by atoms with van der Waals surface area (Å²) in [5.41, 5.74) is 1.86. The lowest BCUT2D eigenvalue weighted by Crippen LogP contribution is -2.33. The molecule has 0 aliphatic carbocycles. The van der Waals surface area contributed by atoms with Gasteiger partial charge in [-0.15, -0.1) is 0 Å². The van der Waals surface area contributed by atoms with E-state index < -0.39 is 6.10 Å². The minimum Gasteiger partial charge on any atom is -0.480 e. The lowest BCUT2D eigenvalue weighted by Gasteiger charge is -2.19. The van der Waals surface area contributed by atoms with Crippen LogP contribution in [0.1, 0.15) is 29.3 Å². The highest BCUT2D eigenvalue weighted by Gasteiger charge is 2.21. The fraction of sp³-hybridized carbons (Fsp3) is 0.143. The van der Waals surface area contributed by atoms with Gasteiger partial charge >= 0.3 is 0 Å². The minimum atomic E-state index is -0.698. The molecule has 4 aromatic carbocycles. The molecular weight excluding hydrogens is 412 g/mol. The van der Waals surface area contributed by atoms with E-state index in [1.54, 1.807) is 24.3 Å². The second-order valence-electron chi connectivity index (χ2n) is 7.70. The molecular formula is C28H26N2O3. The SMILES string of the molecule is CCC(Oc1cccc2ccccc12)C(=O)Nc1ccccc1C(=O)NCc1ccccc1. The highest BCUT2D eigenvalue weighted by atomic mass is 16.5. The van der Waals surface area contributed by atoms with Crippen molar-refractivity contribution in [3.63, 3.8) is 0 Å². The fourth-order valence-corrected chi connectivity index (χ4v) is 3.65. The first-order chi connectivity index (χ1) is 16.2. The summed E-state index contributed by atoms with van der Waals surface area (Å²) in [6.45, 7) is 2.30. The number of rotatable bonds is 8. The zero-order valence-corrected chi connectivity index (χ0v) is 18.5. The first-order valence-corrected chi connectivity index (χ1v) is 11.0. The maximum absolute atomic E-state index is 13.1. The highest BCUT2D eigenvalue weighted by Crippen LogP contribution is 2.27. The van der Waals surface area contributed by atoms with Crippen LogP contribution >= 0.6 is 0 Å². The summed E-state index contributed by atoms with van der Waals surface area (Å²) < 4.78 is 6.10. The van der Waals surface area contributed by atoms with Gasteiger partial charge in [-0.05, 0) is 35.6 Å². The van der Waals surface area contributed by atoms with Gasteiger partial charge in [0.05, 0.1) is 11.3 Å². The Hall–Kier alpha value is -4.12. The molecule has 1 unspecified atom stereocenters. The number of fused-ring (bicyclic) bond motifs is 1. The molecule has 0 bridgehead atoms. The number of ether oxygens (including phenoxy) is 1. The molecule has 33 heavy (non-hydrogen) atoms. The summed E-state index contributed by atoms with van der Waals surface area (Å²) in [6.07, 6.45) is -0.214. The van der Waals surface area contributed by atoms with Crippen LogP contribution in [-0.2, 0) is 11.3 Å². The Morgan fingerprint density at radius 3 is 2.33 bits per heavy atom. The summed E-state index contributed by atoms with van der Waals surface area (Å²) >= 11 is 0. The molecule has 0 aliphatic rings. The molecule has 4 aromatic rings. The van der Waals surface area contributed by atoms with E-state index in [4.69, 9.17) is 4.74 Å². The van der Waals surface area contributed by atoms with Crippen LogP contribution in [0.5, 0.6) is 5.75 Å². The van der Waals surface area contributed by atoms with E-state index in [1.165, 1.54) is 0 Å². The van der Waals surface area contributed by atoms with E-state index in [-0.39, 0.29) is 11.8 Å². The standard InChI is InChI=1S/C28H26N2O3/c1-2-25(33-26-18-10-14-21-13-6-7-15-22(21)26)28(32)30-24-17-9-8-16-23(24)27(31)29-19-20-11-4-3-5-12-20/h3-18,25H,2,19H2,1H3,(H,29,31)(H,30,32). The maximum atomic E-state index is 13.1. The number of hydrogen-bond donors (Lipinski definition) is 2. The van der Waals surface area contributed by atoms with Crippen LogP contribution in [0.2, 0.25) is 0 Å². The van der Waals surface area contributed by atoms with Gasteiger partial charge in [-0.2, -0.15) is 0 Å². The molecule has 0 saturated carbocycles. The van der Waals surface area contributed by atoms with Gasteiger partial charge in [0.1, 0.15) is 5.75 Å². The van der Waals surface area contributed by atoms with Gasteiger partial charge in [-0.3, -0.25) is 9.59 Å². The summed E-state index contributed by atoms with van der Waals surface area (Å²) in [4.78, 5) is 25.9. The van der Waals surface area contributed by atoms with Gasteiger partial charge in [0, 0.05) is 11.9 Å². The monoisotopic (exact) mass is 438 g/mol. The van der Waals surface area contributed by atoms with Gasteiger partial charge < -0.3 is 15.4 Å². The van der Waals surface area contributed by atoms with Gasteiger partial charge in [-0.1, -0.05) is 85.8 Å². The van der Waals surface area contributed by atoms with E-state index >= 15 is 0 Å². The van der Waals surface area contributed by atoms with Crippen LogP contribution < -0.4 is 15.4 Å². The van der Waals surface area contributed by atoms with Crippen LogP contribution in [0.15, 0.2) is 97.1 Å². The van der Waals surface area contributed by atoms with E-state index in [9.17, 15) is 9.59 Å². The molecule has 0 radical (unpaired) electrons. The number of carbonyl (C=O) groups excluding carboxylic acids is 2. The number of para-hydroxylation sites is 1. The van der Waals surface area contributed by atoms with Crippen molar-refractivity contribution in [2.75, 3.05) is 5.32 Å². The van der Waals surface area contributed by atoms with Crippen molar-refractivity contribution < 1.29 is 14.3 Å². The molecule has 0 fully saturated rings. The van der Waals surface area contributed by atoms with Crippen molar-refractivity contribution in [1.29, 1.82) is 0 Å². The highest BCUT2D eigenvalue weighted by molar-refractivity contribution is 6.04. The van der Waals surface area contributed by atoms with Crippen LogP contribution in [0.4, 0.5) is 5.69 Å². The lowest BCUT2D eigenvalue weighted by molar-refractivity contribution is -0.122. The zero-order valence-electron chi connectivity index (χ0n) is 18.5. The number of anilines is 1. The van der Waals surface area contributed by atoms with Crippen LogP contribution in [0, 0.1) is 0 Å². The van der Waals surface area contributed by atoms with Gasteiger partial charge in [0.25, 0.3) is 11.8 Å². The topological polar surface area (TPSA) is 67.4 Å². The van der Waals surface area contributed by atoms with Gasteiger partial charge in [0.2, 0.25) is 0 Å².